The lowest BCUT2D eigenvalue weighted by Crippen LogP contribution is -2.41. The number of hydrogen-bond acceptors (Lipinski definition) is 4. The van der Waals surface area contributed by atoms with Crippen LogP contribution in [0.2, 0.25) is 10.0 Å². The Labute approximate surface area is 190 Å². The minimum atomic E-state index is -0.203. The third-order valence-electron chi connectivity index (χ3n) is 3.27. The van der Waals surface area contributed by atoms with Crippen molar-refractivity contribution in [3.8, 4) is 0 Å². The summed E-state index contributed by atoms with van der Waals surface area (Å²) in [6.07, 6.45) is 1.84. The van der Waals surface area contributed by atoms with Crippen LogP contribution in [0, 0.1) is 6.92 Å². The SMILES string of the molecule is CCNC(=NCc1ncc(C)s1)NCCNC(=O)c1ccc(Cl)c(Cl)c1.I. The molecule has 148 valence electrons. The van der Waals surface area contributed by atoms with Gasteiger partial charge in [0.2, 0.25) is 0 Å². The molecule has 1 aromatic carbocycles. The largest absolute Gasteiger partial charge is 0.357 e. The second kappa shape index (κ2) is 12.4. The second-order valence-corrected chi connectivity index (χ2v) is 7.51. The molecule has 0 saturated heterocycles. The molecule has 0 radical (unpaired) electrons. The number of aliphatic imine (C=N–C) groups is 1. The molecule has 1 aromatic heterocycles. The van der Waals surface area contributed by atoms with Crippen LogP contribution in [-0.2, 0) is 6.54 Å². The molecule has 1 heterocycles. The van der Waals surface area contributed by atoms with Gasteiger partial charge in [-0.1, -0.05) is 23.2 Å². The van der Waals surface area contributed by atoms with Gasteiger partial charge in [-0.05, 0) is 32.0 Å². The topological polar surface area (TPSA) is 78.4 Å². The number of aromatic nitrogens is 1. The quantitative estimate of drug-likeness (QED) is 0.215. The van der Waals surface area contributed by atoms with Crippen molar-refractivity contribution >= 4 is 70.4 Å². The number of amides is 1. The lowest BCUT2D eigenvalue weighted by atomic mass is 10.2. The van der Waals surface area contributed by atoms with Gasteiger partial charge in [-0.3, -0.25) is 4.79 Å². The highest BCUT2D eigenvalue weighted by atomic mass is 127. The number of carbonyl (C=O) groups excluding carboxylic acids is 1. The zero-order valence-corrected chi connectivity index (χ0v) is 19.7. The van der Waals surface area contributed by atoms with Gasteiger partial charge in [0, 0.05) is 36.3 Å². The van der Waals surface area contributed by atoms with Crippen molar-refractivity contribution in [2.75, 3.05) is 19.6 Å². The van der Waals surface area contributed by atoms with Crippen LogP contribution < -0.4 is 16.0 Å². The Balaban J connectivity index is 0.00000364. The number of halogens is 3. The van der Waals surface area contributed by atoms with Crippen molar-refractivity contribution < 1.29 is 4.79 Å². The summed E-state index contributed by atoms with van der Waals surface area (Å²) in [5, 5.41) is 10.9. The molecular weight excluding hydrogens is 520 g/mol. The summed E-state index contributed by atoms with van der Waals surface area (Å²) < 4.78 is 0. The summed E-state index contributed by atoms with van der Waals surface area (Å²) in [5.74, 6) is 0.481. The monoisotopic (exact) mass is 541 g/mol. The molecule has 10 heteroatoms. The number of hydrogen-bond donors (Lipinski definition) is 3. The summed E-state index contributed by atoms with van der Waals surface area (Å²) in [5.41, 5.74) is 0.471. The van der Waals surface area contributed by atoms with Crippen molar-refractivity contribution in [2.24, 2.45) is 4.99 Å². The van der Waals surface area contributed by atoms with Crippen molar-refractivity contribution in [1.82, 2.24) is 20.9 Å². The van der Waals surface area contributed by atoms with Crippen LogP contribution in [0.25, 0.3) is 0 Å². The normalized spacial score (nSPS) is 10.9. The Kier molecular flexibility index (Phi) is 11.0. The molecule has 0 aliphatic rings. The first-order valence-electron chi connectivity index (χ1n) is 8.16. The number of benzene rings is 1. The fourth-order valence-corrected chi connectivity index (χ4v) is 3.07. The molecule has 0 aliphatic heterocycles. The van der Waals surface area contributed by atoms with Crippen molar-refractivity contribution in [2.45, 2.75) is 20.4 Å². The van der Waals surface area contributed by atoms with E-state index >= 15 is 0 Å². The van der Waals surface area contributed by atoms with Gasteiger partial charge in [-0.15, -0.1) is 35.3 Å². The molecule has 0 fully saturated rings. The summed E-state index contributed by atoms with van der Waals surface area (Å²) in [4.78, 5) is 22.0. The molecule has 0 aliphatic carbocycles. The maximum atomic E-state index is 12.1. The maximum Gasteiger partial charge on any atom is 0.251 e. The highest BCUT2D eigenvalue weighted by Crippen LogP contribution is 2.22. The molecule has 0 bridgehead atoms. The minimum absolute atomic E-state index is 0. The van der Waals surface area contributed by atoms with E-state index in [1.165, 1.54) is 0 Å². The lowest BCUT2D eigenvalue weighted by Gasteiger charge is -2.11. The van der Waals surface area contributed by atoms with Gasteiger partial charge in [-0.25, -0.2) is 9.98 Å². The number of aryl methyl sites for hydroxylation is 1. The summed E-state index contributed by atoms with van der Waals surface area (Å²) in [6.45, 7) is 6.26. The molecular formula is C17H22Cl2IN5OS. The summed E-state index contributed by atoms with van der Waals surface area (Å²) in [7, 11) is 0. The first kappa shape index (κ1) is 23.9. The predicted molar refractivity (Wildman–Crippen MR) is 124 cm³/mol. The molecule has 2 rings (SSSR count). The lowest BCUT2D eigenvalue weighted by molar-refractivity contribution is 0.0954. The van der Waals surface area contributed by atoms with Gasteiger partial charge in [0.05, 0.1) is 16.6 Å². The molecule has 0 spiro atoms. The third-order valence-corrected chi connectivity index (χ3v) is 4.91. The molecule has 2 aromatic rings. The van der Waals surface area contributed by atoms with E-state index in [9.17, 15) is 4.79 Å². The Morgan fingerprint density at radius 2 is 1.93 bits per heavy atom. The van der Waals surface area contributed by atoms with E-state index in [-0.39, 0.29) is 29.9 Å². The number of nitrogens with one attached hydrogen (secondary N) is 3. The molecule has 0 atom stereocenters. The number of rotatable bonds is 7. The first-order chi connectivity index (χ1) is 12.5. The van der Waals surface area contributed by atoms with E-state index in [0.29, 0.717) is 41.2 Å². The smallest absolute Gasteiger partial charge is 0.251 e. The fourth-order valence-electron chi connectivity index (χ4n) is 2.06. The fraction of sp³-hybridized carbons (Fsp3) is 0.353. The van der Waals surface area contributed by atoms with Crippen LogP contribution in [0.3, 0.4) is 0 Å². The molecule has 1 amide bonds. The van der Waals surface area contributed by atoms with Crippen LogP contribution in [0.15, 0.2) is 29.4 Å². The highest BCUT2D eigenvalue weighted by Gasteiger charge is 2.07. The minimum Gasteiger partial charge on any atom is -0.357 e. The average molecular weight is 542 g/mol. The molecule has 6 nitrogen and oxygen atoms in total. The Hall–Kier alpha value is -1.10. The average Bonchev–Trinajstić information content (AvgIpc) is 3.04. The standard InChI is InChI=1S/C17H21Cl2N5OS.HI/c1-3-20-17(24-10-15-23-9-11(2)26-15)22-7-6-21-16(25)12-4-5-13(18)14(19)8-12;/h4-5,8-9H,3,6-7,10H2,1-2H3,(H,21,25)(H2,20,22,24);1H. The van der Waals surface area contributed by atoms with Crippen LogP contribution >= 0.6 is 58.5 Å². The van der Waals surface area contributed by atoms with E-state index in [2.05, 4.69) is 25.9 Å². The van der Waals surface area contributed by atoms with E-state index in [1.807, 2.05) is 20.0 Å². The van der Waals surface area contributed by atoms with Crippen molar-refractivity contribution in [3.63, 3.8) is 0 Å². The van der Waals surface area contributed by atoms with Gasteiger partial charge < -0.3 is 16.0 Å². The predicted octanol–water partition coefficient (Wildman–Crippen LogP) is 3.86. The van der Waals surface area contributed by atoms with E-state index < -0.39 is 0 Å². The third kappa shape index (κ3) is 8.20. The van der Waals surface area contributed by atoms with Crippen LogP contribution in [0.5, 0.6) is 0 Å². The first-order valence-corrected chi connectivity index (χ1v) is 9.73. The zero-order valence-electron chi connectivity index (χ0n) is 15.0. The Morgan fingerprint density at radius 3 is 2.56 bits per heavy atom. The molecule has 27 heavy (non-hydrogen) atoms. The number of nitrogens with zero attached hydrogens (tertiary/aromatic N) is 2. The Bertz CT molecular complexity index is 784. The number of thiazole rings is 1. The van der Waals surface area contributed by atoms with Crippen molar-refractivity contribution in [1.29, 1.82) is 0 Å². The Morgan fingerprint density at radius 1 is 1.19 bits per heavy atom. The number of carbonyl (C=O) groups is 1. The maximum absolute atomic E-state index is 12.1. The van der Waals surface area contributed by atoms with Crippen LogP contribution in [0.4, 0.5) is 0 Å². The molecule has 0 saturated carbocycles. The van der Waals surface area contributed by atoms with Crippen LogP contribution in [0.1, 0.15) is 27.2 Å². The van der Waals surface area contributed by atoms with Gasteiger partial charge in [-0.2, -0.15) is 0 Å². The summed E-state index contributed by atoms with van der Waals surface area (Å²) >= 11 is 13.4. The second-order valence-electron chi connectivity index (χ2n) is 5.37. The summed E-state index contributed by atoms with van der Waals surface area (Å²) in [6, 6.07) is 4.79. The number of guanidine groups is 1. The van der Waals surface area contributed by atoms with Gasteiger partial charge in [0.1, 0.15) is 5.01 Å². The highest BCUT2D eigenvalue weighted by molar-refractivity contribution is 14.0. The van der Waals surface area contributed by atoms with E-state index in [0.717, 1.165) is 16.4 Å². The van der Waals surface area contributed by atoms with E-state index in [1.54, 1.807) is 29.5 Å². The van der Waals surface area contributed by atoms with E-state index in [4.69, 9.17) is 23.2 Å². The zero-order chi connectivity index (χ0) is 18.9. The molecule has 3 N–H and O–H groups in total. The molecule has 0 unspecified atom stereocenters. The van der Waals surface area contributed by atoms with Crippen LogP contribution in [-0.4, -0.2) is 36.5 Å². The van der Waals surface area contributed by atoms with Gasteiger partial charge >= 0.3 is 0 Å². The van der Waals surface area contributed by atoms with Gasteiger partial charge in [0.25, 0.3) is 5.91 Å². The van der Waals surface area contributed by atoms with Gasteiger partial charge in [0.15, 0.2) is 5.96 Å². The van der Waals surface area contributed by atoms with Crippen molar-refractivity contribution in [3.05, 3.63) is 49.9 Å².